The number of para-hydroxylation sites is 3. The Labute approximate surface area is 307 Å². The Morgan fingerprint density at radius 3 is 1.89 bits per heavy atom. The molecule has 11 rings (SSSR count). The van der Waals surface area contributed by atoms with Crippen LogP contribution in [0.3, 0.4) is 0 Å². The molecule has 1 aliphatic carbocycles. The lowest BCUT2D eigenvalue weighted by Crippen LogP contribution is -2.17. The van der Waals surface area contributed by atoms with Crippen molar-refractivity contribution in [3.05, 3.63) is 181 Å². The van der Waals surface area contributed by atoms with Crippen molar-refractivity contribution in [2.24, 2.45) is 0 Å². The van der Waals surface area contributed by atoms with Crippen LogP contribution < -0.4 is 0 Å². The number of nitrogens with zero attached hydrogens (tertiary/aromatic N) is 4. The second-order valence-corrected chi connectivity index (χ2v) is 14.6. The predicted molar refractivity (Wildman–Crippen MR) is 219 cm³/mol. The lowest BCUT2D eigenvalue weighted by atomic mass is 9.81. The van der Waals surface area contributed by atoms with Crippen LogP contribution in [-0.4, -0.2) is 19.1 Å². The van der Waals surface area contributed by atoms with E-state index in [1.54, 1.807) is 0 Å². The molecule has 1 aliphatic rings. The number of hydrogen-bond acceptors (Lipinski definition) is 2. The summed E-state index contributed by atoms with van der Waals surface area (Å²) in [5.74, 6) is 0.741. The van der Waals surface area contributed by atoms with Crippen LogP contribution in [0, 0.1) is 0 Å². The van der Waals surface area contributed by atoms with Crippen molar-refractivity contribution in [1.29, 1.82) is 0 Å². The fourth-order valence-electron chi connectivity index (χ4n) is 8.97. The van der Waals surface area contributed by atoms with E-state index < -0.39 is 0 Å². The highest BCUT2D eigenvalue weighted by molar-refractivity contribution is 6.26. The second-order valence-electron chi connectivity index (χ2n) is 14.6. The van der Waals surface area contributed by atoms with Crippen LogP contribution in [-0.2, 0) is 5.41 Å². The summed E-state index contributed by atoms with van der Waals surface area (Å²) >= 11 is 0. The van der Waals surface area contributed by atoms with Crippen molar-refractivity contribution in [1.82, 2.24) is 19.1 Å². The van der Waals surface area contributed by atoms with Crippen LogP contribution in [0.25, 0.3) is 88.9 Å². The lowest BCUT2D eigenvalue weighted by Gasteiger charge is -2.24. The van der Waals surface area contributed by atoms with Crippen LogP contribution in [0.5, 0.6) is 0 Å². The first-order chi connectivity index (χ1) is 26.1. The van der Waals surface area contributed by atoms with Gasteiger partial charge in [-0.3, -0.25) is 0 Å². The molecule has 0 saturated heterocycles. The van der Waals surface area contributed by atoms with Gasteiger partial charge in [0.15, 0.2) is 5.82 Å². The molecule has 0 saturated carbocycles. The fraction of sp³-hybridized carbons (Fsp3) is 0.0612. The van der Waals surface area contributed by atoms with Crippen LogP contribution in [0.4, 0.5) is 0 Å². The van der Waals surface area contributed by atoms with Gasteiger partial charge < -0.3 is 9.13 Å². The average Bonchev–Trinajstić information content (AvgIpc) is 3.82. The van der Waals surface area contributed by atoms with E-state index in [1.165, 1.54) is 60.3 Å². The molecule has 53 heavy (non-hydrogen) atoms. The molecule has 0 atom stereocenters. The maximum Gasteiger partial charge on any atom is 0.160 e. The molecule has 0 fully saturated rings. The first kappa shape index (κ1) is 29.9. The van der Waals surface area contributed by atoms with E-state index in [0.717, 1.165) is 39.7 Å². The molecule has 0 spiro atoms. The summed E-state index contributed by atoms with van der Waals surface area (Å²) < 4.78 is 4.87. The Bertz CT molecular complexity index is 3080. The van der Waals surface area contributed by atoms with Gasteiger partial charge in [0.25, 0.3) is 0 Å². The molecule has 0 unspecified atom stereocenters. The molecule has 4 heteroatoms. The van der Waals surface area contributed by atoms with Gasteiger partial charge in [-0.2, -0.15) is 0 Å². The fourth-order valence-corrected chi connectivity index (χ4v) is 8.97. The summed E-state index contributed by atoms with van der Waals surface area (Å²) in [7, 11) is 0. The summed E-state index contributed by atoms with van der Waals surface area (Å²) in [5.41, 5.74) is 14.5. The third kappa shape index (κ3) is 4.24. The zero-order valence-corrected chi connectivity index (χ0v) is 29.5. The van der Waals surface area contributed by atoms with Crippen molar-refractivity contribution in [3.63, 3.8) is 0 Å². The molecule has 4 nitrogen and oxygen atoms in total. The SMILES string of the molecule is CC1(C)c2ccccc2-c2nc(-c3ccccc3)nc(-c3cccc(-n4c5ccccc5c5c4ccc4c6ccccc6n(-c6ccccc6)c45)c3)c21. The topological polar surface area (TPSA) is 35.6 Å². The van der Waals surface area contributed by atoms with E-state index in [2.05, 4.69) is 187 Å². The van der Waals surface area contributed by atoms with Crippen LogP contribution in [0.2, 0.25) is 0 Å². The summed E-state index contributed by atoms with van der Waals surface area (Å²) in [4.78, 5) is 10.7. The Balaban J connectivity index is 1.20. The molecule has 0 radical (unpaired) electrons. The van der Waals surface area contributed by atoms with Gasteiger partial charge in [-0.15, -0.1) is 0 Å². The highest BCUT2D eigenvalue weighted by Crippen LogP contribution is 2.51. The van der Waals surface area contributed by atoms with Gasteiger partial charge in [0.05, 0.1) is 33.5 Å². The van der Waals surface area contributed by atoms with Crippen LogP contribution in [0.15, 0.2) is 170 Å². The summed E-state index contributed by atoms with van der Waals surface area (Å²) in [5, 5.41) is 4.97. The van der Waals surface area contributed by atoms with E-state index in [-0.39, 0.29) is 5.41 Å². The largest absolute Gasteiger partial charge is 0.309 e. The van der Waals surface area contributed by atoms with Gasteiger partial charge in [-0.1, -0.05) is 141 Å². The van der Waals surface area contributed by atoms with Crippen LogP contribution >= 0.6 is 0 Å². The summed E-state index contributed by atoms with van der Waals surface area (Å²) in [6.45, 7) is 4.61. The van der Waals surface area contributed by atoms with E-state index in [4.69, 9.17) is 9.97 Å². The molecule has 0 aliphatic heterocycles. The number of benzene rings is 7. The van der Waals surface area contributed by atoms with Crippen molar-refractivity contribution in [2.75, 3.05) is 0 Å². The molecular formula is C49H34N4. The molecule has 10 aromatic rings. The Kier molecular flexibility index (Phi) is 6.27. The van der Waals surface area contributed by atoms with E-state index in [0.29, 0.717) is 0 Å². The zero-order valence-electron chi connectivity index (χ0n) is 29.5. The van der Waals surface area contributed by atoms with Crippen molar-refractivity contribution < 1.29 is 0 Å². The molecule has 3 aromatic heterocycles. The number of rotatable bonds is 4. The standard InChI is InChI=1S/C49H34N4/c1-49(2)39-25-12-9-23-37(39)46-44(49)45(50-48(51-46)31-16-5-3-6-17-31)32-18-15-21-34(30-32)52-41-27-14-11-24-38(41)43-42(52)29-28-36-35-22-10-13-26-40(35)53(47(36)43)33-19-7-4-8-20-33/h3-30H,1-2H3. The van der Waals surface area contributed by atoms with Gasteiger partial charge in [0, 0.05) is 60.6 Å². The van der Waals surface area contributed by atoms with Gasteiger partial charge in [-0.05, 0) is 48.0 Å². The monoisotopic (exact) mass is 678 g/mol. The molecule has 0 amide bonds. The Morgan fingerprint density at radius 2 is 1.08 bits per heavy atom. The van der Waals surface area contributed by atoms with Gasteiger partial charge >= 0.3 is 0 Å². The summed E-state index contributed by atoms with van der Waals surface area (Å²) in [6.07, 6.45) is 0. The number of aromatic nitrogens is 4. The van der Waals surface area contributed by atoms with Gasteiger partial charge in [-0.25, -0.2) is 9.97 Å². The smallest absolute Gasteiger partial charge is 0.160 e. The van der Waals surface area contributed by atoms with Crippen molar-refractivity contribution >= 4 is 43.6 Å². The lowest BCUT2D eigenvalue weighted by molar-refractivity contribution is 0.658. The van der Waals surface area contributed by atoms with Crippen molar-refractivity contribution in [3.8, 4) is 45.3 Å². The third-order valence-corrected chi connectivity index (χ3v) is 11.3. The summed E-state index contributed by atoms with van der Waals surface area (Å²) in [6, 6.07) is 60.9. The first-order valence-electron chi connectivity index (χ1n) is 18.3. The van der Waals surface area contributed by atoms with E-state index in [9.17, 15) is 0 Å². The maximum atomic E-state index is 5.40. The Morgan fingerprint density at radius 1 is 0.453 bits per heavy atom. The average molecular weight is 679 g/mol. The molecular weight excluding hydrogens is 645 g/mol. The second kappa shape index (κ2) is 11.1. The quantitative estimate of drug-likeness (QED) is 0.186. The normalized spacial score (nSPS) is 13.2. The van der Waals surface area contributed by atoms with Crippen LogP contribution in [0.1, 0.15) is 25.0 Å². The van der Waals surface area contributed by atoms with Crippen molar-refractivity contribution in [2.45, 2.75) is 19.3 Å². The highest BCUT2D eigenvalue weighted by Gasteiger charge is 2.40. The molecule has 7 aromatic carbocycles. The zero-order chi connectivity index (χ0) is 35.3. The van der Waals surface area contributed by atoms with E-state index >= 15 is 0 Å². The Hall–Kier alpha value is -6.78. The number of fused-ring (bicyclic) bond motifs is 10. The number of hydrogen-bond donors (Lipinski definition) is 0. The highest BCUT2D eigenvalue weighted by atomic mass is 15.0. The molecule has 0 bridgehead atoms. The van der Waals surface area contributed by atoms with Gasteiger partial charge in [0.2, 0.25) is 0 Å². The minimum Gasteiger partial charge on any atom is -0.309 e. The third-order valence-electron chi connectivity index (χ3n) is 11.3. The van der Waals surface area contributed by atoms with E-state index in [1.807, 2.05) is 6.07 Å². The molecule has 250 valence electrons. The molecule has 0 N–H and O–H groups in total. The predicted octanol–water partition coefficient (Wildman–Crippen LogP) is 12.3. The minimum absolute atomic E-state index is 0.268. The van der Waals surface area contributed by atoms with Gasteiger partial charge in [0.1, 0.15) is 0 Å². The minimum atomic E-state index is -0.268. The first-order valence-corrected chi connectivity index (χ1v) is 18.3. The maximum absolute atomic E-state index is 5.40. The molecule has 3 heterocycles.